The van der Waals surface area contributed by atoms with Crippen LogP contribution in [0.1, 0.15) is 6.92 Å². The van der Waals surface area contributed by atoms with Crippen molar-refractivity contribution < 1.29 is 9.53 Å². The number of hydrogen-bond acceptors (Lipinski definition) is 4. The molecule has 1 aliphatic rings. The fourth-order valence-electron chi connectivity index (χ4n) is 1.52. The third-order valence-corrected chi connectivity index (χ3v) is 3.54. The number of carbonyl (C=O) groups is 1. The van der Waals surface area contributed by atoms with E-state index in [0.717, 1.165) is 31.9 Å². The van der Waals surface area contributed by atoms with Crippen molar-refractivity contribution in [2.45, 2.75) is 12.2 Å². The maximum absolute atomic E-state index is 11.9. The second-order valence-corrected chi connectivity index (χ2v) is 5.03. The summed E-state index contributed by atoms with van der Waals surface area (Å²) in [6.07, 6.45) is 0. The van der Waals surface area contributed by atoms with Gasteiger partial charge >= 0.3 is 0 Å². The van der Waals surface area contributed by atoms with E-state index in [1.54, 1.807) is 18.9 Å². The summed E-state index contributed by atoms with van der Waals surface area (Å²) < 4.78 is 4.96. The molecule has 0 saturated carbocycles. The van der Waals surface area contributed by atoms with Gasteiger partial charge in [-0.2, -0.15) is 0 Å². The Morgan fingerprint density at radius 1 is 1.53 bits per heavy atom. The molecule has 88 valence electrons. The molecule has 5 heteroatoms. The van der Waals surface area contributed by atoms with E-state index in [-0.39, 0.29) is 11.2 Å². The van der Waals surface area contributed by atoms with E-state index in [1.807, 2.05) is 11.8 Å². The maximum Gasteiger partial charge on any atom is 0.235 e. The SMILES string of the molecule is COCCSC(C)C(=O)N1CCNCC1. The number of rotatable bonds is 5. The number of carbonyl (C=O) groups excluding carboxylic acids is 1. The monoisotopic (exact) mass is 232 g/mol. The second-order valence-electron chi connectivity index (χ2n) is 3.58. The molecule has 1 amide bonds. The molecular formula is C10H20N2O2S. The molecule has 0 aliphatic carbocycles. The summed E-state index contributed by atoms with van der Waals surface area (Å²) in [6.45, 7) is 6.21. The maximum atomic E-state index is 11.9. The fraction of sp³-hybridized carbons (Fsp3) is 0.900. The molecule has 1 fully saturated rings. The van der Waals surface area contributed by atoms with Crippen molar-refractivity contribution >= 4 is 17.7 Å². The lowest BCUT2D eigenvalue weighted by Crippen LogP contribution is -2.48. The molecule has 1 unspecified atom stereocenters. The Bertz CT molecular complexity index is 196. The number of nitrogens with one attached hydrogen (secondary N) is 1. The van der Waals surface area contributed by atoms with Gasteiger partial charge in [0.2, 0.25) is 5.91 Å². The van der Waals surface area contributed by atoms with Crippen molar-refractivity contribution in [2.75, 3.05) is 45.6 Å². The highest BCUT2D eigenvalue weighted by Gasteiger charge is 2.21. The Hall–Kier alpha value is -0.260. The molecule has 4 nitrogen and oxygen atoms in total. The minimum Gasteiger partial charge on any atom is -0.384 e. The summed E-state index contributed by atoms with van der Waals surface area (Å²) in [6, 6.07) is 0. The molecular weight excluding hydrogens is 212 g/mol. The van der Waals surface area contributed by atoms with Crippen molar-refractivity contribution in [1.29, 1.82) is 0 Å². The van der Waals surface area contributed by atoms with Gasteiger partial charge in [-0.1, -0.05) is 0 Å². The second kappa shape index (κ2) is 7.09. The largest absolute Gasteiger partial charge is 0.384 e. The van der Waals surface area contributed by atoms with Crippen molar-refractivity contribution in [3.8, 4) is 0 Å². The minimum atomic E-state index is 0.0539. The van der Waals surface area contributed by atoms with Gasteiger partial charge in [0.25, 0.3) is 0 Å². The van der Waals surface area contributed by atoms with Gasteiger partial charge in [-0.05, 0) is 6.92 Å². The summed E-state index contributed by atoms with van der Waals surface area (Å²) in [5.41, 5.74) is 0. The molecule has 1 N–H and O–H groups in total. The fourth-order valence-corrected chi connectivity index (χ4v) is 2.43. The normalized spacial score (nSPS) is 18.9. The van der Waals surface area contributed by atoms with E-state index in [1.165, 1.54) is 0 Å². The molecule has 0 spiro atoms. The lowest BCUT2D eigenvalue weighted by Gasteiger charge is -2.29. The van der Waals surface area contributed by atoms with Crippen LogP contribution in [0.4, 0.5) is 0 Å². The number of thioether (sulfide) groups is 1. The Labute approximate surface area is 95.7 Å². The van der Waals surface area contributed by atoms with Crippen molar-refractivity contribution in [2.24, 2.45) is 0 Å². The minimum absolute atomic E-state index is 0.0539. The summed E-state index contributed by atoms with van der Waals surface area (Å²) in [4.78, 5) is 13.9. The molecule has 0 aromatic heterocycles. The van der Waals surface area contributed by atoms with Crippen LogP contribution < -0.4 is 5.32 Å². The van der Waals surface area contributed by atoms with Crippen molar-refractivity contribution in [1.82, 2.24) is 10.2 Å². The van der Waals surface area contributed by atoms with Gasteiger partial charge in [0.1, 0.15) is 0 Å². The van der Waals surface area contributed by atoms with E-state index in [0.29, 0.717) is 6.61 Å². The van der Waals surface area contributed by atoms with E-state index in [2.05, 4.69) is 5.32 Å². The van der Waals surface area contributed by atoms with E-state index in [4.69, 9.17) is 4.74 Å². The van der Waals surface area contributed by atoms with Crippen molar-refractivity contribution in [3.05, 3.63) is 0 Å². The average Bonchev–Trinajstić information content (AvgIpc) is 2.29. The molecule has 1 rings (SSSR count). The number of amides is 1. The van der Waals surface area contributed by atoms with Crippen LogP contribution in [0.5, 0.6) is 0 Å². The molecule has 0 aromatic rings. The number of ether oxygens (including phenoxy) is 1. The third kappa shape index (κ3) is 4.40. The van der Waals surface area contributed by atoms with E-state index < -0.39 is 0 Å². The predicted molar refractivity (Wildman–Crippen MR) is 63.2 cm³/mol. The topological polar surface area (TPSA) is 41.6 Å². The smallest absolute Gasteiger partial charge is 0.235 e. The highest BCUT2D eigenvalue weighted by Crippen LogP contribution is 2.13. The highest BCUT2D eigenvalue weighted by molar-refractivity contribution is 8.00. The first-order chi connectivity index (χ1) is 7.25. The van der Waals surface area contributed by atoms with Gasteiger partial charge in [-0.3, -0.25) is 4.79 Å². The Morgan fingerprint density at radius 2 is 2.20 bits per heavy atom. The molecule has 1 saturated heterocycles. The predicted octanol–water partition coefficient (Wildman–Crippen LogP) is 0.186. The van der Waals surface area contributed by atoms with Crippen LogP contribution in [0.15, 0.2) is 0 Å². The summed E-state index contributed by atoms with van der Waals surface area (Å²) in [5, 5.41) is 3.29. The molecule has 15 heavy (non-hydrogen) atoms. The standard InChI is InChI=1S/C10H20N2O2S/c1-9(15-8-7-14-2)10(13)12-5-3-11-4-6-12/h9,11H,3-8H2,1-2H3. The molecule has 0 aromatic carbocycles. The Morgan fingerprint density at radius 3 is 2.80 bits per heavy atom. The van der Waals surface area contributed by atoms with Gasteiger partial charge in [0, 0.05) is 39.0 Å². The summed E-state index contributed by atoms with van der Waals surface area (Å²) in [5.74, 6) is 1.15. The zero-order valence-corrected chi connectivity index (χ0v) is 10.3. The van der Waals surface area contributed by atoms with Crippen LogP contribution in [0, 0.1) is 0 Å². The average molecular weight is 232 g/mol. The van der Waals surface area contributed by atoms with Crippen LogP contribution in [0.3, 0.4) is 0 Å². The number of piperazine rings is 1. The Kier molecular flexibility index (Phi) is 6.05. The molecule has 1 aliphatic heterocycles. The Balaban J connectivity index is 2.24. The molecule has 1 heterocycles. The molecule has 0 radical (unpaired) electrons. The quantitative estimate of drug-likeness (QED) is 0.687. The van der Waals surface area contributed by atoms with Gasteiger partial charge in [-0.15, -0.1) is 11.8 Å². The lowest BCUT2D eigenvalue weighted by atomic mass is 10.3. The summed E-state index contributed by atoms with van der Waals surface area (Å²) >= 11 is 1.67. The number of nitrogens with zero attached hydrogens (tertiary/aromatic N) is 1. The lowest BCUT2D eigenvalue weighted by molar-refractivity contribution is -0.130. The van der Waals surface area contributed by atoms with E-state index >= 15 is 0 Å². The summed E-state index contributed by atoms with van der Waals surface area (Å²) in [7, 11) is 1.68. The van der Waals surface area contributed by atoms with Gasteiger partial charge in [0.05, 0.1) is 11.9 Å². The van der Waals surface area contributed by atoms with E-state index in [9.17, 15) is 4.79 Å². The van der Waals surface area contributed by atoms with Crippen LogP contribution in [-0.4, -0.2) is 61.7 Å². The van der Waals surface area contributed by atoms with Gasteiger partial charge in [0.15, 0.2) is 0 Å². The highest BCUT2D eigenvalue weighted by atomic mass is 32.2. The first kappa shape index (κ1) is 12.8. The third-order valence-electron chi connectivity index (χ3n) is 2.43. The zero-order valence-electron chi connectivity index (χ0n) is 9.49. The number of hydrogen-bond donors (Lipinski definition) is 1. The van der Waals surface area contributed by atoms with Crippen LogP contribution in [0.25, 0.3) is 0 Å². The van der Waals surface area contributed by atoms with Gasteiger partial charge < -0.3 is 15.0 Å². The molecule has 1 atom stereocenters. The van der Waals surface area contributed by atoms with Crippen LogP contribution in [-0.2, 0) is 9.53 Å². The van der Waals surface area contributed by atoms with Crippen molar-refractivity contribution in [3.63, 3.8) is 0 Å². The first-order valence-electron chi connectivity index (χ1n) is 5.35. The van der Waals surface area contributed by atoms with Crippen LogP contribution >= 0.6 is 11.8 Å². The zero-order chi connectivity index (χ0) is 11.1. The molecule has 0 bridgehead atoms. The van der Waals surface area contributed by atoms with Crippen LogP contribution in [0.2, 0.25) is 0 Å². The number of methoxy groups -OCH3 is 1. The first-order valence-corrected chi connectivity index (χ1v) is 6.40. The van der Waals surface area contributed by atoms with Gasteiger partial charge in [-0.25, -0.2) is 0 Å².